The summed E-state index contributed by atoms with van der Waals surface area (Å²) in [6, 6.07) is 7.77. The van der Waals surface area contributed by atoms with Gasteiger partial charge in [0.05, 0.1) is 16.9 Å². The summed E-state index contributed by atoms with van der Waals surface area (Å²) < 4.78 is 5.80. The van der Waals surface area contributed by atoms with E-state index in [1.165, 1.54) is 0 Å². The van der Waals surface area contributed by atoms with Crippen LogP contribution in [0, 0.1) is 0 Å². The number of fused-ring (bicyclic) bond motifs is 2. The molecule has 122 valence electrons. The standard InChI is InChI=1S/C17H16N4O2S/c22-16-13-7-11-3-1-2-4-15(11)23-8-14(13)20-17(21-16)18-6-5-12-9-24-10-19-12/h1-4,9-10H,5-8H2,(H2,18,20,21,22). The summed E-state index contributed by atoms with van der Waals surface area (Å²) in [4.78, 5) is 24.0. The van der Waals surface area contributed by atoms with Crippen LogP contribution in [0.5, 0.6) is 5.75 Å². The lowest BCUT2D eigenvalue weighted by molar-refractivity contribution is 0.302. The van der Waals surface area contributed by atoms with Gasteiger partial charge in [0.15, 0.2) is 0 Å². The van der Waals surface area contributed by atoms with Crippen molar-refractivity contribution in [1.82, 2.24) is 15.0 Å². The van der Waals surface area contributed by atoms with Gasteiger partial charge in [-0.05, 0) is 11.6 Å². The monoisotopic (exact) mass is 340 g/mol. The molecule has 2 aromatic heterocycles. The molecule has 0 atom stereocenters. The molecular weight excluding hydrogens is 324 g/mol. The highest BCUT2D eigenvalue weighted by atomic mass is 32.1. The lowest BCUT2D eigenvalue weighted by Gasteiger charge is -2.08. The van der Waals surface area contributed by atoms with Crippen LogP contribution in [0.1, 0.15) is 22.5 Å². The van der Waals surface area contributed by atoms with Crippen molar-refractivity contribution in [3.05, 3.63) is 68.0 Å². The molecule has 0 saturated carbocycles. The number of hydrogen-bond acceptors (Lipinski definition) is 6. The summed E-state index contributed by atoms with van der Waals surface area (Å²) in [5, 5.41) is 5.17. The van der Waals surface area contributed by atoms with Gasteiger partial charge in [0.1, 0.15) is 12.4 Å². The maximum Gasteiger partial charge on any atom is 0.256 e. The fraction of sp³-hybridized carbons (Fsp3) is 0.235. The molecule has 0 saturated heterocycles. The van der Waals surface area contributed by atoms with Crippen molar-refractivity contribution in [2.24, 2.45) is 0 Å². The predicted octanol–water partition coefficient (Wildman–Crippen LogP) is 2.36. The second-order valence-corrected chi connectivity index (χ2v) is 6.29. The zero-order chi connectivity index (χ0) is 16.4. The first-order chi connectivity index (χ1) is 11.8. The number of aromatic amines is 1. The molecule has 6 nitrogen and oxygen atoms in total. The Bertz CT molecular complexity index is 905. The number of hydrogen-bond donors (Lipinski definition) is 2. The summed E-state index contributed by atoms with van der Waals surface area (Å²) in [7, 11) is 0. The van der Waals surface area contributed by atoms with Gasteiger partial charge in [0, 0.05) is 30.3 Å². The normalized spacial score (nSPS) is 12.7. The smallest absolute Gasteiger partial charge is 0.256 e. The van der Waals surface area contributed by atoms with Gasteiger partial charge in [-0.1, -0.05) is 18.2 Å². The Morgan fingerprint density at radius 3 is 3.12 bits per heavy atom. The largest absolute Gasteiger partial charge is 0.487 e. The van der Waals surface area contributed by atoms with Crippen LogP contribution < -0.4 is 15.6 Å². The number of ether oxygens (including phenoxy) is 1. The van der Waals surface area contributed by atoms with E-state index in [1.807, 2.05) is 35.2 Å². The minimum Gasteiger partial charge on any atom is -0.487 e. The van der Waals surface area contributed by atoms with E-state index in [4.69, 9.17) is 4.74 Å². The quantitative estimate of drug-likeness (QED) is 0.762. The Hall–Kier alpha value is -2.67. The van der Waals surface area contributed by atoms with Crippen molar-refractivity contribution < 1.29 is 4.74 Å². The van der Waals surface area contributed by atoms with E-state index in [9.17, 15) is 4.79 Å². The summed E-state index contributed by atoms with van der Waals surface area (Å²) in [5.74, 6) is 1.29. The third-order valence-electron chi connectivity index (χ3n) is 3.96. The molecule has 0 fully saturated rings. The minimum atomic E-state index is -0.114. The van der Waals surface area contributed by atoms with E-state index in [0.29, 0.717) is 36.8 Å². The number of H-pyrrole nitrogens is 1. The highest BCUT2D eigenvalue weighted by Crippen LogP contribution is 2.25. The summed E-state index contributed by atoms with van der Waals surface area (Å²) in [5.41, 5.74) is 5.09. The van der Waals surface area contributed by atoms with Crippen molar-refractivity contribution in [3.63, 3.8) is 0 Å². The van der Waals surface area contributed by atoms with E-state index in [0.717, 1.165) is 23.4 Å². The summed E-state index contributed by atoms with van der Waals surface area (Å²) in [6.07, 6.45) is 1.32. The highest BCUT2D eigenvalue weighted by Gasteiger charge is 2.18. The molecule has 1 aliphatic heterocycles. The van der Waals surface area contributed by atoms with Crippen LogP contribution in [0.15, 0.2) is 40.0 Å². The average Bonchev–Trinajstić information content (AvgIpc) is 3.02. The molecule has 7 heteroatoms. The van der Waals surface area contributed by atoms with Crippen LogP contribution in [0.4, 0.5) is 5.95 Å². The summed E-state index contributed by atoms with van der Waals surface area (Å²) >= 11 is 1.57. The number of nitrogens with one attached hydrogen (secondary N) is 2. The fourth-order valence-corrected chi connectivity index (χ4v) is 3.32. The molecule has 24 heavy (non-hydrogen) atoms. The molecule has 3 heterocycles. The topological polar surface area (TPSA) is 79.9 Å². The van der Waals surface area contributed by atoms with E-state index < -0.39 is 0 Å². The maximum atomic E-state index is 12.4. The fourth-order valence-electron chi connectivity index (χ4n) is 2.73. The van der Waals surface area contributed by atoms with Gasteiger partial charge in [-0.25, -0.2) is 9.97 Å². The third kappa shape index (κ3) is 3.03. The van der Waals surface area contributed by atoms with Gasteiger partial charge in [0.2, 0.25) is 5.95 Å². The molecule has 0 unspecified atom stereocenters. The molecule has 4 rings (SSSR count). The van der Waals surface area contributed by atoms with Crippen LogP contribution in [0.3, 0.4) is 0 Å². The Labute approximate surface area is 142 Å². The Balaban J connectivity index is 1.53. The second-order valence-electron chi connectivity index (χ2n) is 5.57. The van der Waals surface area contributed by atoms with Gasteiger partial charge in [-0.15, -0.1) is 11.3 Å². The Morgan fingerprint density at radius 2 is 2.25 bits per heavy atom. The number of para-hydroxylation sites is 1. The van der Waals surface area contributed by atoms with Crippen LogP contribution in [0.25, 0.3) is 0 Å². The van der Waals surface area contributed by atoms with Crippen molar-refractivity contribution in [2.45, 2.75) is 19.4 Å². The highest BCUT2D eigenvalue weighted by molar-refractivity contribution is 7.07. The Morgan fingerprint density at radius 1 is 1.33 bits per heavy atom. The molecule has 2 N–H and O–H groups in total. The van der Waals surface area contributed by atoms with Gasteiger partial charge in [-0.2, -0.15) is 0 Å². The van der Waals surface area contributed by atoms with E-state index in [1.54, 1.807) is 11.3 Å². The van der Waals surface area contributed by atoms with Gasteiger partial charge < -0.3 is 10.1 Å². The molecule has 0 amide bonds. The minimum absolute atomic E-state index is 0.114. The molecule has 0 spiro atoms. The Kier molecular flexibility index (Phi) is 4.00. The second kappa shape index (κ2) is 6.45. The number of rotatable bonds is 4. The van der Waals surface area contributed by atoms with Crippen molar-refractivity contribution in [1.29, 1.82) is 0 Å². The molecule has 0 radical (unpaired) electrons. The van der Waals surface area contributed by atoms with Gasteiger partial charge >= 0.3 is 0 Å². The van der Waals surface area contributed by atoms with Crippen LogP contribution in [-0.2, 0) is 19.4 Å². The summed E-state index contributed by atoms with van der Waals surface area (Å²) in [6.45, 7) is 0.962. The number of thiazole rings is 1. The van der Waals surface area contributed by atoms with E-state index in [2.05, 4.69) is 20.3 Å². The molecule has 0 aliphatic carbocycles. The maximum absolute atomic E-state index is 12.4. The van der Waals surface area contributed by atoms with Gasteiger partial charge in [-0.3, -0.25) is 9.78 Å². The number of benzene rings is 1. The molecule has 1 aliphatic rings. The number of nitrogens with zero attached hydrogens (tertiary/aromatic N) is 2. The zero-order valence-electron chi connectivity index (χ0n) is 12.9. The van der Waals surface area contributed by atoms with E-state index >= 15 is 0 Å². The predicted molar refractivity (Wildman–Crippen MR) is 92.7 cm³/mol. The first kappa shape index (κ1) is 14.9. The van der Waals surface area contributed by atoms with Crippen LogP contribution >= 0.6 is 11.3 Å². The van der Waals surface area contributed by atoms with Crippen molar-refractivity contribution in [2.75, 3.05) is 11.9 Å². The van der Waals surface area contributed by atoms with Gasteiger partial charge in [0.25, 0.3) is 5.56 Å². The number of anilines is 1. The lowest BCUT2D eigenvalue weighted by Crippen LogP contribution is -2.21. The SMILES string of the molecule is O=c1[nH]c(NCCc2cscn2)nc2c1Cc1ccccc1OC2. The number of aromatic nitrogens is 3. The molecular formula is C17H16N4O2S. The lowest BCUT2D eigenvalue weighted by atomic mass is 10.1. The third-order valence-corrected chi connectivity index (χ3v) is 4.60. The van der Waals surface area contributed by atoms with E-state index in [-0.39, 0.29) is 5.56 Å². The zero-order valence-corrected chi connectivity index (χ0v) is 13.7. The van der Waals surface area contributed by atoms with Crippen molar-refractivity contribution in [3.8, 4) is 5.75 Å². The first-order valence-electron chi connectivity index (χ1n) is 7.73. The first-order valence-corrected chi connectivity index (χ1v) is 8.67. The molecule has 0 bridgehead atoms. The van der Waals surface area contributed by atoms with Crippen LogP contribution in [0.2, 0.25) is 0 Å². The van der Waals surface area contributed by atoms with Crippen LogP contribution in [-0.4, -0.2) is 21.5 Å². The molecule has 1 aromatic carbocycles. The molecule has 3 aromatic rings. The average molecular weight is 340 g/mol. The van der Waals surface area contributed by atoms with Crippen molar-refractivity contribution >= 4 is 17.3 Å².